The highest BCUT2D eigenvalue weighted by Gasteiger charge is 2.11. The molecule has 1 aromatic heterocycles. The van der Waals surface area contributed by atoms with Crippen LogP contribution in [0.1, 0.15) is 27.0 Å². The molecule has 2 amide bonds. The van der Waals surface area contributed by atoms with Crippen LogP contribution in [0.3, 0.4) is 0 Å². The van der Waals surface area contributed by atoms with Crippen molar-refractivity contribution in [3.05, 3.63) is 51.7 Å². The average molecular weight is 410 g/mol. The number of thiophene rings is 1. The molecule has 2 aromatic rings. The van der Waals surface area contributed by atoms with Gasteiger partial charge >= 0.3 is 0 Å². The molecule has 27 heavy (non-hydrogen) atoms. The van der Waals surface area contributed by atoms with E-state index in [0.717, 1.165) is 16.7 Å². The molecule has 0 aliphatic heterocycles. The number of carbonyl (C=O) groups excluding carboxylic acids is 2. The molecule has 0 saturated heterocycles. The minimum Gasteiger partial charge on any atom is -0.342 e. The Morgan fingerprint density at radius 3 is 2.59 bits per heavy atom. The largest absolute Gasteiger partial charge is 0.342 e. The number of amides is 2. The van der Waals surface area contributed by atoms with Gasteiger partial charge in [0.15, 0.2) is 0 Å². The van der Waals surface area contributed by atoms with Gasteiger partial charge in [-0.3, -0.25) is 9.59 Å². The Kier molecular flexibility index (Phi) is 7.11. The zero-order valence-electron chi connectivity index (χ0n) is 15.5. The number of sulfonamides is 1. The second kappa shape index (κ2) is 9.12. The molecule has 0 radical (unpaired) electrons. The molecule has 0 aliphatic rings. The van der Waals surface area contributed by atoms with Crippen LogP contribution in [0.2, 0.25) is 0 Å². The van der Waals surface area contributed by atoms with Crippen LogP contribution < -0.4 is 10.0 Å². The molecular weight excluding hydrogens is 386 g/mol. The minimum absolute atomic E-state index is 0.0269. The molecule has 146 valence electrons. The van der Waals surface area contributed by atoms with E-state index in [1.54, 1.807) is 24.1 Å². The topological polar surface area (TPSA) is 95.6 Å². The van der Waals surface area contributed by atoms with Gasteiger partial charge in [0.2, 0.25) is 15.9 Å². The van der Waals surface area contributed by atoms with Crippen LogP contribution in [-0.2, 0) is 27.8 Å². The van der Waals surface area contributed by atoms with Crippen LogP contribution in [-0.4, -0.2) is 45.0 Å². The number of carbonyl (C=O) groups is 2. The first-order chi connectivity index (χ1) is 12.6. The quantitative estimate of drug-likeness (QED) is 0.698. The van der Waals surface area contributed by atoms with Crippen LogP contribution in [0.15, 0.2) is 36.4 Å². The molecule has 7 nitrogen and oxygen atoms in total. The van der Waals surface area contributed by atoms with Crippen molar-refractivity contribution in [1.29, 1.82) is 0 Å². The molecule has 0 spiro atoms. The molecule has 2 N–H and O–H groups in total. The summed E-state index contributed by atoms with van der Waals surface area (Å²) in [5.74, 6) is -0.250. The molecule has 0 aliphatic carbocycles. The lowest BCUT2D eigenvalue weighted by molar-refractivity contribution is -0.128. The Labute approximate surface area is 163 Å². The number of nitrogens with zero attached hydrogens (tertiary/aromatic N) is 1. The average Bonchev–Trinajstić information content (AvgIpc) is 3.03. The number of hydrogen-bond donors (Lipinski definition) is 2. The van der Waals surface area contributed by atoms with Gasteiger partial charge in [0.25, 0.3) is 5.91 Å². The zero-order valence-corrected chi connectivity index (χ0v) is 17.1. The first kappa shape index (κ1) is 21.1. The normalized spacial score (nSPS) is 11.2. The van der Waals surface area contributed by atoms with Crippen LogP contribution in [0.25, 0.3) is 0 Å². The molecule has 1 heterocycles. The summed E-state index contributed by atoms with van der Waals surface area (Å²) in [6, 6.07) is 10.9. The lowest BCUT2D eigenvalue weighted by Crippen LogP contribution is -2.24. The highest BCUT2D eigenvalue weighted by atomic mass is 32.2. The maximum absolute atomic E-state index is 12.4. The number of benzene rings is 1. The van der Waals surface area contributed by atoms with E-state index < -0.39 is 10.0 Å². The Morgan fingerprint density at radius 1 is 1.19 bits per heavy atom. The van der Waals surface area contributed by atoms with Crippen molar-refractivity contribution >= 4 is 38.9 Å². The number of anilines is 1. The van der Waals surface area contributed by atoms with E-state index in [0.29, 0.717) is 30.1 Å². The highest BCUT2D eigenvalue weighted by Crippen LogP contribution is 2.19. The van der Waals surface area contributed by atoms with E-state index in [9.17, 15) is 18.0 Å². The van der Waals surface area contributed by atoms with Gasteiger partial charge in [-0.25, -0.2) is 13.1 Å². The molecule has 2 rings (SSSR count). The molecule has 0 atom stereocenters. The van der Waals surface area contributed by atoms with Crippen molar-refractivity contribution in [3.63, 3.8) is 0 Å². The predicted molar refractivity (Wildman–Crippen MR) is 107 cm³/mol. The van der Waals surface area contributed by atoms with Crippen LogP contribution in [0, 0.1) is 0 Å². The number of rotatable bonds is 8. The lowest BCUT2D eigenvalue weighted by atomic mass is 10.2. The van der Waals surface area contributed by atoms with Crippen LogP contribution in [0.4, 0.5) is 5.69 Å². The van der Waals surface area contributed by atoms with E-state index >= 15 is 0 Å². The second-order valence-corrected chi connectivity index (χ2v) is 9.21. The van der Waals surface area contributed by atoms with Crippen molar-refractivity contribution in [2.45, 2.75) is 19.9 Å². The molecule has 0 fully saturated rings. The van der Waals surface area contributed by atoms with E-state index in [-0.39, 0.29) is 11.8 Å². The van der Waals surface area contributed by atoms with Gasteiger partial charge in [-0.1, -0.05) is 12.1 Å². The van der Waals surface area contributed by atoms with Crippen molar-refractivity contribution in [2.24, 2.45) is 0 Å². The van der Waals surface area contributed by atoms with Gasteiger partial charge in [0, 0.05) is 37.6 Å². The summed E-state index contributed by atoms with van der Waals surface area (Å²) in [7, 11) is -1.49. The summed E-state index contributed by atoms with van der Waals surface area (Å²) in [5, 5.41) is 2.85. The van der Waals surface area contributed by atoms with Crippen molar-refractivity contribution in [3.8, 4) is 0 Å². The Hall–Kier alpha value is -2.23. The van der Waals surface area contributed by atoms with Gasteiger partial charge in [-0.15, -0.1) is 11.3 Å². The number of nitrogens with one attached hydrogen (secondary N) is 2. The van der Waals surface area contributed by atoms with E-state index in [1.165, 1.54) is 18.3 Å². The van der Waals surface area contributed by atoms with E-state index in [1.807, 2.05) is 24.3 Å². The molecule has 0 saturated carbocycles. The van der Waals surface area contributed by atoms with Crippen LogP contribution in [0.5, 0.6) is 0 Å². The van der Waals surface area contributed by atoms with E-state index in [2.05, 4.69) is 10.0 Å². The van der Waals surface area contributed by atoms with Crippen molar-refractivity contribution < 1.29 is 18.0 Å². The third-order valence-corrected chi connectivity index (χ3v) is 5.64. The zero-order chi connectivity index (χ0) is 20.0. The second-order valence-electron chi connectivity index (χ2n) is 6.21. The standard InChI is InChI=1S/C18H23N3O4S2/c1-13(22)21(2)12-14-5-4-6-15(11-14)20-18(23)17-8-7-16(26-17)9-10-19-27(3,24)25/h4-8,11,19H,9-10,12H2,1-3H3,(H,20,23). The third kappa shape index (κ3) is 7.12. The molecule has 1 aromatic carbocycles. The molecule has 0 bridgehead atoms. The van der Waals surface area contributed by atoms with Gasteiger partial charge in [-0.2, -0.15) is 0 Å². The lowest BCUT2D eigenvalue weighted by Gasteiger charge is -2.15. The summed E-state index contributed by atoms with van der Waals surface area (Å²) >= 11 is 1.33. The first-order valence-electron chi connectivity index (χ1n) is 8.29. The Morgan fingerprint density at radius 2 is 1.93 bits per heavy atom. The van der Waals surface area contributed by atoms with E-state index in [4.69, 9.17) is 0 Å². The fourth-order valence-corrected chi connectivity index (χ4v) is 3.69. The first-order valence-corrected chi connectivity index (χ1v) is 11.0. The molecule has 9 heteroatoms. The number of hydrogen-bond acceptors (Lipinski definition) is 5. The molecule has 0 unspecified atom stereocenters. The Balaban J connectivity index is 1.96. The van der Waals surface area contributed by atoms with Crippen LogP contribution >= 0.6 is 11.3 Å². The summed E-state index contributed by atoms with van der Waals surface area (Å²) in [5.41, 5.74) is 1.58. The fraction of sp³-hybridized carbons (Fsp3) is 0.333. The summed E-state index contributed by atoms with van der Waals surface area (Å²) in [6.07, 6.45) is 1.64. The SMILES string of the molecule is CC(=O)N(C)Cc1cccc(NC(=O)c2ccc(CCNS(C)(=O)=O)s2)c1. The predicted octanol–water partition coefficient (Wildman–Crippen LogP) is 2.07. The highest BCUT2D eigenvalue weighted by molar-refractivity contribution is 7.88. The van der Waals surface area contributed by atoms with Gasteiger partial charge in [-0.05, 0) is 36.2 Å². The van der Waals surface area contributed by atoms with Gasteiger partial charge in [0.05, 0.1) is 11.1 Å². The fourth-order valence-electron chi connectivity index (χ4n) is 2.32. The maximum atomic E-state index is 12.4. The summed E-state index contributed by atoms with van der Waals surface area (Å²) in [6.45, 7) is 2.27. The summed E-state index contributed by atoms with van der Waals surface area (Å²) in [4.78, 5) is 26.8. The third-order valence-electron chi connectivity index (χ3n) is 3.76. The Bertz CT molecular complexity index is 922. The van der Waals surface area contributed by atoms with Crippen molar-refractivity contribution in [1.82, 2.24) is 9.62 Å². The smallest absolute Gasteiger partial charge is 0.265 e. The van der Waals surface area contributed by atoms with Gasteiger partial charge in [0.1, 0.15) is 0 Å². The molecular formula is C18H23N3O4S2. The van der Waals surface area contributed by atoms with Crippen molar-refractivity contribution in [2.75, 3.05) is 25.2 Å². The summed E-state index contributed by atoms with van der Waals surface area (Å²) < 4.78 is 24.6. The monoisotopic (exact) mass is 409 g/mol. The minimum atomic E-state index is -3.21. The maximum Gasteiger partial charge on any atom is 0.265 e. The van der Waals surface area contributed by atoms with Gasteiger partial charge < -0.3 is 10.2 Å².